The number of aliphatic hydroxyl groups excluding tert-OH is 1. The zero-order valence-electron chi connectivity index (χ0n) is 5.29. The molecule has 0 aromatic carbocycles. The van der Waals surface area contributed by atoms with Crippen molar-refractivity contribution in [3.05, 3.63) is 12.0 Å². The van der Waals surface area contributed by atoms with E-state index in [2.05, 4.69) is 4.99 Å². The molecule has 0 spiro atoms. The second-order valence-electron chi connectivity index (χ2n) is 1.85. The van der Waals surface area contributed by atoms with Crippen LogP contribution in [0.5, 0.6) is 0 Å². The highest BCUT2D eigenvalue weighted by molar-refractivity contribution is 5.74. The third-order valence-electron chi connectivity index (χ3n) is 1.12. The number of nitrogens with zero attached hydrogens (tertiary/aromatic N) is 1. The van der Waals surface area contributed by atoms with Crippen molar-refractivity contribution in [1.29, 1.82) is 0 Å². The summed E-state index contributed by atoms with van der Waals surface area (Å²) < 4.78 is 5.00. The Balaban J connectivity index is 2.59. The van der Waals surface area contributed by atoms with Crippen LogP contribution < -0.4 is 0 Å². The van der Waals surface area contributed by atoms with Gasteiger partial charge in [0.05, 0.1) is 0 Å². The number of hydrogen-bond acceptors (Lipinski definition) is 3. The predicted octanol–water partition coefficient (Wildman–Crippen LogP) is 1.22. The summed E-state index contributed by atoms with van der Waals surface area (Å²) in [7, 11) is 0. The first-order valence-corrected chi connectivity index (χ1v) is 2.85. The van der Waals surface area contributed by atoms with E-state index in [0.717, 1.165) is 12.8 Å². The monoisotopic (exact) mass is 127 g/mol. The largest absolute Gasteiger partial charge is 0.512 e. The van der Waals surface area contributed by atoms with Gasteiger partial charge in [0, 0.05) is 19.9 Å². The van der Waals surface area contributed by atoms with Gasteiger partial charge in [-0.3, -0.25) is 4.99 Å². The number of hydrogen-bond donors (Lipinski definition) is 1. The summed E-state index contributed by atoms with van der Waals surface area (Å²) in [6.45, 7) is 2.49. The minimum Gasteiger partial charge on any atom is -0.512 e. The van der Waals surface area contributed by atoms with E-state index < -0.39 is 0 Å². The molecule has 1 heterocycles. The fraction of sp³-hybridized carbons (Fsp3) is 0.500. The molecule has 9 heavy (non-hydrogen) atoms. The first kappa shape index (κ1) is 6.13. The van der Waals surface area contributed by atoms with Crippen molar-refractivity contribution >= 4 is 5.90 Å². The Morgan fingerprint density at radius 3 is 3.00 bits per heavy atom. The average Bonchev–Trinajstić information content (AvgIpc) is 1.88. The quantitative estimate of drug-likeness (QED) is 0.497. The number of rotatable bonds is 0. The molecule has 0 unspecified atom stereocenters. The molecule has 0 aromatic rings. The molecule has 1 rings (SSSR count). The van der Waals surface area contributed by atoms with Crippen LogP contribution >= 0.6 is 0 Å². The maximum atomic E-state index is 8.47. The van der Waals surface area contributed by atoms with Gasteiger partial charge in [-0.15, -0.1) is 0 Å². The SMILES string of the molecule is CC1=NCC/C(=C\O)O1. The van der Waals surface area contributed by atoms with Gasteiger partial charge in [0.15, 0.2) is 5.90 Å². The Bertz CT molecular complexity index is 160. The van der Waals surface area contributed by atoms with Crippen LogP contribution in [-0.2, 0) is 4.74 Å². The van der Waals surface area contributed by atoms with E-state index in [-0.39, 0.29) is 0 Å². The molecule has 1 N–H and O–H groups in total. The molecule has 0 saturated carbocycles. The van der Waals surface area contributed by atoms with E-state index in [1.807, 2.05) is 0 Å². The Morgan fingerprint density at radius 1 is 1.78 bits per heavy atom. The molecule has 0 amide bonds. The molecule has 3 heteroatoms. The summed E-state index contributed by atoms with van der Waals surface area (Å²) in [5, 5.41) is 8.47. The van der Waals surface area contributed by atoms with Crippen LogP contribution in [0.1, 0.15) is 13.3 Å². The molecule has 3 nitrogen and oxygen atoms in total. The normalized spacial score (nSPS) is 23.2. The maximum absolute atomic E-state index is 8.47. The number of aliphatic imine (C=N–C) groups is 1. The molecule has 0 saturated heterocycles. The fourth-order valence-corrected chi connectivity index (χ4v) is 0.687. The van der Waals surface area contributed by atoms with Crippen molar-refractivity contribution < 1.29 is 9.84 Å². The molecule has 1 aliphatic heterocycles. The van der Waals surface area contributed by atoms with Gasteiger partial charge in [-0.1, -0.05) is 0 Å². The van der Waals surface area contributed by atoms with E-state index in [1.165, 1.54) is 0 Å². The second-order valence-corrected chi connectivity index (χ2v) is 1.85. The molecule has 0 aromatic heterocycles. The smallest absolute Gasteiger partial charge is 0.186 e. The third kappa shape index (κ3) is 1.45. The van der Waals surface area contributed by atoms with Gasteiger partial charge in [-0.2, -0.15) is 0 Å². The Kier molecular flexibility index (Phi) is 1.72. The molecule has 0 bridgehead atoms. The van der Waals surface area contributed by atoms with Crippen LogP contribution in [0.25, 0.3) is 0 Å². The summed E-state index contributed by atoms with van der Waals surface area (Å²) in [6.07, 6.45) is 1.69. The van der Waals surface area contributed by atoms with Gasteiger partial charge in [0.1, 0.15) is 12.0 Å². The van der Waals surface area contributed by atoms with Crippen LogP contribution in [0.15, 0.2) is 17.0 Å². The molecule has 1 aliphatic rings. The van der Waals surface area contributed by atoms with Crippen LogP contribution in [0.3, 0.4) is 0 Å². The van der Waals surface area contributed by atoms with E-state index in [1.54, 1.807) is 6.92 Å². The zero-order valence-corrected chi connectivity index (χ0v) is 5.29. The molecular weight excluding hydrogens is 118 g/mol. The summed E-state index contributed by atoms with van der Waals surface area (Å²) in [4.78, 5) is 3.97. The second kappa shape index (κ2) is 2.53. The van der Waals surface area contributed by atoms with Crippen molar-refractivity contribution in [2.24, 2.45) is 4.99 Å². The third-order valence-corrected chi connectivity index (χ3v) is 1.12. The van der Waals surface area contributed by atoms with Gasteiger partial charge >= 0.3 is 0 Å². The lowest BCUT2D eigenvalue weighted by molar-refractivity contribution is 0.334. The molecule has 0 fully saturated rings. The van der Waals surface area contributed by atoms with E-state index in [0.29, 0.717) is 18.1 Å². The fourth-order valence-electron chi connectivity index (χ4n) is 0.687. The van der Waals surface area contributed by atoms with E-state index >= 15 is 0 Å². The van der Waals surface area contributed by atoms with Crippen molar-refractivity contribution in [3.8, 4) is 0 Å². The summed E-state index contributed by atoms with van der Waals surface area (Å²) >= 11 is 0. The molecule has 0 atom stereocenters. The Hall–Kier alpha value is -0.990. The van der Waals surface area contributed by atoms with Crippen LogP contribution in [0.2, 0.25) is 0 Å². The lowest BCUT2D eigenvalue weighted by atomic mass is 10.3. The van der Waals surface area contributed by atoms with Gasteiger partial charge in [0.25, 0.3) is 0 Å². The van der Waals surface area contributed by atoms with Gasteiger partial charge < -0.3 is 9.84 Å². The molecule has 0 radical (unpaired) electrons. The lowest BCUT2D eigenvalue weighted by Crippen LogP contribution is -2.08. The van der Waals surface area contributed by atoms with Crippen molar-refractivity contribution in [3.63, 3.8) is 0 Å². The molecule has 50 valence electrons. The summed E-state index contributed by atoms with van der Waals surface area (Å²) in [6, 6.07) is 0. The van der Waals surface area contributed by atoms with Gasteiger partial charge in [-0.05, 0) is 0 Å². The zero-order chi connectivity index (χ0) is 6.69. The van der Waals surface area contributed by atoms with Crippen LogP contribution in [-0.4, -0.2) is 17.5 Å². The van der Waals surface area contributed by atoms with Gasteiger partial charge in [-0.25, -0.2) is 0 Å². The van der Waals surface area contributed by atoms with Crippen LogP contribution in [0.4, 0.5) is 0 Å². The Labute approximate surface area is 53.7 Å². The first-order chi connectivity index (χ1) is 4.33. The minimum atomic E-state index is 0.600. The first-order valence-electron chi connectivity index (χ1n) is 2.85. The van der Waals surface area contributed by atoms with Crippen molar-refractivity contribution in [2.45, 2.75) is 13.3 Å². The highest BCUT2D eigenvalue weighted by atomic mass is 16.5. The summed E-state index contributed by atoms with van der Waals surface area (Å²) in [5.74, 6) is 1.23. The molecular formula is C6H9NO2. The lowest BCUT2D eigenvalue weighted by Gasteiger charge is -2.11. The average molecular weight is 127 g/mol. The maximum Gasteiger partial charge on any atom is 0.186 e. The van der Waals surface area contributed by atoms with Gasteiger partial charge in [0.2, 0.25) is 0 Å². The van der Waals surface area contributed by atoms with Crippen molar-refractivity contribution in [1.82, 2.24) is 0 Å². The molecule has 0 aliphatic carbocycles. The van der Waals surface area contributed by atoms with E-state index in [9.17, 15) is 0 Å². The van der Waals surface area contributed by atoms with E-state index in [4.69, 9.17) is 9.84 Å². The number of aliphatic hydroxyl groups is 1. The topological polar surface area (TPSA) is 41.8 Å². The minimum absolute atomic E-state index is 0.600. The highest BCUT2D eigenvalue weighted by Crippen LogP contribution is 2.08. The van der Waals surface area contributed by atoms with Crippen molar-refractivity contribution in [2.75, 3.05) is 6.54 Å². The summed E-state index contributed by atoms with van der Waals surface area (Å²) in [5.41, 5.74) is 0. The number of ether oxygens (including phenoxy) is 1. The highest BCUT2D eigenvalue weighted by Gasteiger charge is 2.05. The Morgan fingerprint density at radius 2 is 2.56 bits per heavy atom. The predicted molar refractivity (Wildman–Crippen MR) is 34.4 cm³/mol. The van der Waals surface area contributed by atoms with Crippen LogP contribution in [0, 0.1) is 0 Å². The standard InChI is InChI=1S/C6H9NO2/c1-5-7-3-2-6(4-8)9-5/h4,8H,2-3H2,1H3/b6-4+.